The van der Waals surface area contributed by atoms with Gasteiger partial charge >= 0.3 is 0 Å². The molecular formula is C16H14N2. The summed E-state index contributed by atoms with van der Waals surface area (Å²) in [7, 11) is 0. The van der Waals surface area contributed by atoms with Gasteiger partial charge < -0.3 is 0 Å². The van der Waals surface area contributed by atoms with E-state index >= 15 is 0 Å². The number of hydrogen-bond acceptors (Lipinski definition) is 2. The molecule has 0 aliphatic heterocycles. The molecule has 2 aromatic carbocycles. The predicted octanol–water partition coefficient (Wildman–Crippen LogP) is 4.01. The Hall–Kier alpha value is -2.40. The van der Waals surface area contributed by atoms with Crippen LogP contribution in [0, 0.1) is 18.3 Å². The molecule has 0 heterocycles. The third-order valence-corrected chi connectivity index (χ3v) is 2.76. The van der Waals surface area contributed by atoms with Crippen molar-refractivity contribution in [3.63, 3.8) is 0 Å². The molecule has 2 heteroatoms. The Labute approximate surface area is 107 Å². The van der Waals surface area contributed by atoms with Crippen LogP contribution in [0.3, 0.4) is 0 Å². The normalized spacial score (nSPS) is 11.1. The minimum absolute atomic E-state index is 0.655. The van der Waals surface area contributed by atoms with Gasteiger partial charge in [-0.2, -0.15) is 5.26 Å². The van der Waals surface area contributed by atoms with Crippen molar-refractivity contribution >= 4 is 11.4 Å². The van der Waals surface area contributed by atoms with Gasteiger partial charge in [-0.1, -0.05) is 29.8 Å². The highest BCUT2D eigenvalue weighted by atomic mass is 14.7. The zero-order valence-corrected chi connectivity index (χ0v) is 10.5. The van der Waals surface area contributed by atoms with E-state index in [0.29, 0.717) is 5.56 Å². The van der Waals surface area contributed by atoms with Crippen molar-refractivity contribution in [2.45, 2.75) is 13.8 Å². The number of nitrogens with zero attached hydrogens (tertiary/aromatic N) is 2. The van der Waals surface area contributed by atoms with E-state index in [4.69, 9.17) is 5.26 Å². The maximum absolute atomic E-state index is 8.73. The summed E-state index contributed by atoms with van der Waals surface area (Å²) >= 11 is 0. The molecule has 2 aromatic rings. The van der Waals surface area contributed by atoms with Crippen molar-refractivity contribution in [1.29, 1.82) is 5.26 Å². The van der Waals surface area contributed by atoms with Crippen LogP contribution in [0.5, 0.6) is 0 Å². The summed E-state index contributed by atoms with van der Waals surface area (Å²) in [4.78, 5) is 4.54. The van der Waals surface area contributed by atoms with E-state index in [9.17, 15) is 0 Å². The summed E-state index contributed by atoms with van der Waals surface area (Å²) in [6, 6.07) is 17.7. The van der Waals surface area contributed by atoms with Crippen molar-refractivity contribution in [1.82, 2.24) is 0 Å². The summed E-state index contributed by atoms with van der Waals surface area (Å²) in [6.45, 7) is 4.06. The first-order valence-electron chi connectivity index (χ1n) is 5.81. The van der Waals surface area contributed by atoms with Crippen molar-refractivity contribution < 1.29 is 0 Å². The molecule has 0 aliphatic carbocycles. The smallest absolute Gasteiger partial charge is 0.0991 e. The first kappa shape index (κ1) is 12.1. The topological polar surface area (TPSA) is 36.1 Å². The predicted molar refractivity (Wildman–Crippen MR) is 74.2 cm³/mol. The van der Waals surface area contributed by atoms with E-state index in [0.717, 1.165) is 17.0 Å². The summed E-state index contributed by atoms with van der Waals surface area (Å²) in [6.07, 6.45) is 0. The van der Waals surface area contributed by atoms with Crippen LogP contribution in [-0.4, -0.2) is 5.71 Å². The van der Waals surface area contributed by atoms with Crippen LogP contribution in [0.25, 0.3) is 0 Å². The van der Waals surface area contributed by atoms with Gasteiger partial charge in [-0.15, -0.1) is 0 Å². The third-order valence-electron chi connectivity index (χ3n) is 2.76. The largest absolute Gasteiger partial charge is 0.253 e. The second-order valence-electron chi connectivity index (χ2n) is 4.22. The molecule has 0 aliphatic rings. The molecule has 18 heavy (non-hydrogen) atoms. The first-order valence-corrected chi connectivity index (χ1v) is 5.81. The molecule has 0 amide bonds. The quantitative estimate of drug-likeness (QED) is 0.723. The van der Waals surface area contributed by atoms with Crippen molar-refractivity contribution in [3.8, 4) is 6.07 Å². The number of aliphatic imine (C=N–C) groups is 1. The fourth-order valence-corrected chi connectivity index (χ4v) is 1.66. The highest BCUT2D eigenvalue weighted by Gasteiger charge is 1.98. The average Bonchev–Trinajstić information content (AvgIpc) is 2.40. The van der Waals surface area contributed by atoms with Crippen LogP contribution >= 0.6 is 0 Å². The lowest BCUT2D eigenvalue weighted by molar-refractivity contribution is 1.42. The van der Waals surface area contributed by atoms with E-state index in [1.165, 1.54) is 5.56 Å². The van der Waals surface area contributed by atoms with Crippen LogP contribution in [0.1, 0.15) is 23.6 Å². The van der Waals surface area contributed by atoms with Crippen LogP contribution < -0.4 is 0 Å². The Balaban J connectivity index is 2.26. The number of nitriles is 1. The number of rotatable bonds is 2. The molecule has 88 valence electrons. The van der Waals surface area contributed by atoms with Gasteiger partial charge in [0.05, 0.1) is 17.3 Å². The van der Waals surface area contributed by atoms with E-state index < -0.39 is 0 Å². The molecule has 0 spiro atoms. The molecule has 0 aromatic heterocycles. The molecule has 0 saturated carbocycles. The van der Waals surface area contributed by atoms with Crippen molar-refractivity contribution in [2.24, 2.45) is 4.99 Å². The molecule has 0 unspecified atom stereocenters. The molecule has 2 rings (SSSR count). The van der Waals surface area contributed by atoms with E-state index in [-0.39, 0.29) is 0 Å². The van der Waals surface area contributed by atoms with E-state index in [1.54, 1.807) is 12.1 Å². The van der Waals surface area contributed by atoms with Gasteiger partial charge in [0.1, 0.15) is 0 Å². The number of hydrogen-bond donors (Lipinski definition) is 0. The first-order chi connectivity index (χ1) is 8.69. The fraction of sp³-hybridized carbons (Fsp3) is 0.125. The highest BCUT2D eigenvalue weighted by molar-refractivity contribution is 6.00. The van der Waals surface area contributed by atoms with Gasteiger partial charge in [-0.3, -0.25) is 4.99 Å². The van der Waals surface area contributed by atoms with E-state index in [1.807, 2.05) is 19.1 Å². The number of aryl methyl sites for hydroxylation is 1. The van der Waals surface area contributed by atoms with Gasteiger partial charge in [0.15, 0.2) is 0 Å². The van der Waals surface area contributed by atoms with Crippen LogP contribution in [0.4, 0.5) is 5.69 Å². The Morgan fingerprint density at radius 1 is 1.00 bits per heavy atom. The molecule has 2 nitrogen and oxygen atoms in total. The van der Waals surface area contributed by atoms with E-state index in [2.05, 4.69) is 42.3 Å². The summed E-state index contributed by atoms with van der Waals surface area (Å²) in [5.41, 5.74) is 4.85. The lowest BCUT2D eigenvalue weighted by Crippen LogP contribution is -1.93. The van der Waals surface area contributed by atoms with Crippen molar-refractivity contribution in [3.05, 3.63) is 65.2 Å². The second kappa shape index (κ2) is 5.29. The molecule has 0 saturated heterocycles. The number of benzene rings is 2. The maximum atomic E-state index is 8.73. The molecule has 0 radical (unpaired) electrons. The minimum atomic E-state index is 0.655. The fourth-order valence-electron chi connectivity index (χ4n) is 1.66. The van der Waals surface area contributed by atoms with Gasteiger partial charge in [-0.25, -0.2) is 0 Å². The van der Waals surface area contributed by atoms with Crippen LogP contribution in [0.2, 0.25) is 0 Å². The average molecular weight is 234 g/mol. The Kier molecular flexibility index (Phi) is 3.54. The second-order valence-corrected chi connectivity index (χ2v) is 4.22. The molecule has 0 atom stereocenters. The summed E-state index contributed by atoms with van der Waals surface area (Å²) in [5, 5.41) is 8.73. The SMILES string of the molecule is CC(=Nc1ccc(C#N)cc1)c1ccc(C)cc1. The van der Waals surface area contributed by atoms with Crippen LogP contribution in [-0.2, 0) is 0 Å². The van der Waals surface area contributed by atoms with Gasteiger partial charge in [0, 0.05) is 5.71 Å². The zero-order chi connectivity index (χ0) is 13.0. The lowest BCUT2D eigenvalue weighted by atomic mass is 10.1. The maximum Gasteiger partial charge on any atom is 0.0991 e. The third kappa shape index (κ3) is 2.83. The van der Waals surface area contributed by atoms with Crippen LogP contribution in [0.15, 0.2) is 53.5 Å². The standard InChI is InChI=1S/C16H14N2/c1-12-3-7-15(8-4-12)13(2)18-16-9-5-14(11-17)6-10-16/h3-10H,1-2H3. The monoisotopic (exact) mass is 234 g/mol. The summed E-state index contributed by atoms with van der Waals surface area (Å²) in [5.74, 6) is 0. The zero-order valence-electron chi connectivity index (χ0n) is 10.5. The molecular weight excluding hydrogens is 220 g/mol. The van der Waals surface area contributed by atoms with Gasteiger partial charge in [0.2, 0.25) is 0 Å². The minimum Gasteiger partial charge on any atom is -0.253 e. The highest BCUT2D eigenvalue weighted by Crippen LogP contribution is 2.15. The van der Waals surface area contributed by atoms with Crippen molar-refractivity contribution in [2.75, 3.05) is 0 Å². The Morgan fingerprint density at radius 3 is 2.17 bits per heavy atom. The van der Waals surface area contributed by atoms with Gasteiger partial charge in [-0.05, 0) is 43.7 Å². The van der Waals surface area contributed by atoms with Gasteiger partial charge in [0.25, 0.3) is 0 Å². The summed E-state index contributed by atoms with van der Waals surface area (Å²) < 4.78 is 0. The molecule has 0 fully saturated rings. The molecule has 0 bridgehead atoms. The Morgan fingerprint density at radius 2 is 1.61 bits per heavy atom. The molecule has 0 N–H and O–H groups in total. The Bertz CT molecular complexity index is 599. The lowest BCUT2D eigenvalue weighted by Gasteiger charge is -2.02.